The first-order valence-electron chi connectivity index (χ1n) is 0.577. The second-order valence-electron chi connectivity index (χ2n) is 0. The topological polar surface area (TPSA) is 0 Å². The largest absolute Gasteiger partial charge is 0.179 e. The summed E-state index contributed by atoms with van der Waals surface area (Å²) in [6.07, 6.45) is 0. The van der Waals surface area contributed by atoms with Gasteiger partial charge in [0.15, 0.2) is 0 Å². The van der Waals surface area contributed by atoms with E-state index in [1.807, 2.05) is 7.57 Å². The molecule has 0 aromatic carbocycles. The molecular weight excluding hydrogens is 155 g/mol. The molecule has 29 valence electrons. The van der Waals surface area contributed by atoms with Crippen LogP contribution in [0.25, 0.3) is 0 Å². The van der Waals surface area contributed by atoms with Gasteiger partial charge in [0.2, 0.25) is 0 Å². The van der Waals surface area contributed by atoms with E-state index in [2.05, 4.69) is 9.12 Å². The van der Waals surface area contributed by atoms with E-state index in [1.54, 1.807) is 0 Å². The van der Waals surface area contributed by atoms with Crippen LogP contribution in [0.2, 0.25) is 0 Å². The Balaban J connectivity index is -0.00000000500. The van der Waals surface area contributed by atoms with E-state index in [9.17, 15) is 0 Å². The minimum atomic E-state index is 0. The summed E-state index contributed by atoms with van der Waals surface area (Å²) in [4.78, 5) is 0. The van der Waals surface area contributed by atoms with Gasteiger partial charge >= 0.3 is 0 Å². The van der Waals surface area contributed by atoms with E-state index in [1.165, 1.54) is 0 Å². The van der Waals surface area contributed by atoms with Crippen molar-refractivity contribution in [1.82, 2.24) is 0 Å². The van der Waals surface area contributed by atoms with Crippen molar-refractivity contribution in [2.45, 2.75) is 0 Å². The van der Waals surface area contributed by atoms with Crippen LogP contribution in [0.3, 0.4) is 0 Å². The van der Waals surface area contributed by atoms with Crippen LogP contribution in [0, 0.1) is 0 Å². The number of hydrogen-bond acceptors (Lipinski definition) is 0. The zero-order chi connectivity index (χ0) is 2.00. The van der Waals surface area contributed by atoms with Crippen LogP contribution in [-0.4, -0.2) is 7.57 Å². The minimum absolute atomic E-state index is 0. The average Bonchev–Trinajstić information content (AvgIpc) is 1.00. The summed E-state index contributed by atoms with van der Waals surface area (Å²) in [6.45, 7) is 0. The van der Waals surface area contributed by atoms with Crippen molar-refractivity contribution >= 4 is 16.7 Å². The van der Waals surface area contributed by atoms with Crippen molar-refractivity contribution < 1.29 is 33.6 Å². The second-order valence-corrected chi connectivity index (χ2v) is 0. The molecule has 0 aromatic heterocycles. The molecule has 0 heterocycles. The zero-order valence-electron chi connectivity index (χ0n) is 2.27. The van der Waals surface area contributed by atoms with E-state index in [-0.39, 0.29) is 33.6 Å². The molecule has 0 bridgehead atoms. The van der Waals surface area contributed by atoms with E-state index >= 15 is 0 Å². The first-order chi connectivity index (χ1) is 1.00. The maximum absolute atomic E-state index is 2.42. The SMILES string of the molecule is BP.[Mn].[Ni]. The Morgan fingerprint density at radius 1 is 1.25 bits per heavy atom. The van der Waals surface area contributed by atoms with Gasteiger partial charge in [-0.25, -0.2) is 0 Å². The van der Waals surface area contributed by atoms with Crippen molar-refractivity contribution in [2.75, 3.05) is 0 Å². The first kappa shape index (κ1) is 17.8. The van der Waals surface area contributed by atoms with Crippen LogP contribution in [0.15, 0.2) is 0 Å². The monoisotopic (exact) mass is 159 g/mol. The molecule has 0 N–H and O–H groups in total. The molecule has 0 spiro atoms. The van der Waals surface area contributed by atoms with Gasteiger partial charge in [-0.1, -0.05) is 0 Å². The second kappa shape index (κ2) is 24.4. The third kappa shape index (κ3) is 9.70. The smallest absolute Gasteiger partial charge is 0.126 e. The van der Waals surface area contributed by atoms with Crippen molar-refractivity contribution in [2.24, 2.45) is 0 Å². The molecule has 0 saturated heterocycles. The molecule has 1 radical (unpaired) electrons. The molecule has 4 heteroatoms. The van der Waals surface area contributed by atoms with E-state index < -0.39 is 0 Å². The minimum Gasteiger partial charge on any atom is -0.179 e. The molecule has 0 nitrogen and oxygen atoms in total. The van der Waals surface area contributed by atoms with E-state index in [0.717, 1.165) is 0 Å². The van der Waals surface area contributed by atoms with Gasteiger partial charge in [-0.15, -0.1) is 0 Å². The Morgan fingerprint density at radius 2 is 1.25 bits per heavy atom. The standard InChI is InChI=1S/BH4P.Mn.Ni/c1-2;;/h1-2H2;;. The van der Waals surface area contributed by atoms with Gasteiger partial charge < -0.3 is 0 Å². The summed E-state index contributed by atoms with van der Waals surface area (Å²) < 4.78 is 0. The summed E-state index contributed by atoms with van der Waals surface area (Å²) in [7, 11) is 4.33. The van der Waals surface area contributed by atoms with Gasteiger partial charge in [-0.2, -0.15) is 9.12 Å². The van der Waals surface area contributed by atoms with Gasteiger partial charge in [-0.3, -0.25) is 0 Å². The summed E-state index contributed by atoms with van der Waals surface area (Å²) in [6, 6.07) is 0. The van der Waals surface area contributed by atoms with Gasteiger partial charge in [0.1, 0.15) is 7.57 Å². The molecule has 0 fully saturated rings. The molecule has 0 saturated carbocycles. The van der Waals surface area contributed by atoms with Crippen LogP contribution in [0.4, 0.5) is 0 Å². The zero-order valence-corrected chi connectivity index (χ0v) is 5.59. The molecule has 0 aromatic rings. The summed E-state index contributed by atoms with van der Waals surface area (Å²) in [5, 5.41) is 0. The van der Waals surface area contributed by atoms with Gasteiger partial charge in [0, 0.05) is 33.6 Å². The average molecular weight is 159 g/mol. The Bertz CT molecular complexity index is 8.00. The fourth-order valence-electron chi connectivity index (χ4n) is 0. The summed E-state index contributed by atoms with van der Waals surface area (Å²) in [5.41, 5.74) is 0. The maximum atomic E-state index is 2.42. The van der Waals surface area contributed by atoms with Crippen molar-refractivity contribution in [3.8, 4) is 0 Å². The number of rotatable bonds is 0. The predicted octanol–water partition coefficient (Wildman–Crippen LogP) is -0.595. The summed E-state index contributed by atoms with van der Waals surface area (Å²) >= 11 is 0. The Kier molecular flexibility index (Phi) is 109. The molecule has 0 aliphatic rings. The molecule has 0 aliphatic carbocycles. The maximum Gasteiger partial charge on any atom is 0.126 e. The first-order valence-corrected chi connectivity index (χ1v) is 1.73. The van der Waals surface area contributed by atoms with Gasteiger partial charge in [-0.05, 0) is 0 Å². The molecule has 0 amide bonds. The van der Waals surface area contributed by atoms with Crippen molar-refractivity contribution in [1.29, 1.82) is 0 Å². The van der Waals surface area contributed by atoms with Crippen molar-refractivity contribution in [3.05, 3.63) is 0 Å². The molecule has 0 aliphatic heterocycles. The predicted molar refractivity (Wildman–Crippen MR) is 18.3 cm³/mol. The molecule has 0 rings (SSSR count). The van der Waals surface area contributed by atoms with Crippen molar-refractivity contribution in [3.63, 3.8) is 0 Å². The van der Waals surface area contributed by atoms with Crippen LogP contribution in [-0.2, 0) is 33.6 Å². The molecule has 1 unspecified atom stereocenters. The van der Waals surface area contributed by atoms with E-state index in [0.29, 0.717) is 0 Å². The Labute approximate surface area is 50.5 Å². The third-order valence-electron chi connectivity index (χ3n) is 0. The fourth-order valence-corrected chi connectivity index (χ4v) is 0. The van der Waals surface area contributed by atoms with Gasteiger partial charge in [0.25, 0.3) is 0 Å². The fraction of sp³-hybridized carbons (Fsp3) is 0. The van der Waals surface area contributed by atoms with Crippen LogP contribution < -0.4 is 0 Å². The molecular formula is H4BMnNiP. The number of hydrogen-bond donors (Lipinski definition) is 0. The Morgan fingerprint density at radius 3 is 1.25 bits per heavy atom. The van der Waals surface area contributed by atoms with Crippen LogP contribution >= 0.6 is 9.12 Å². The van der Waals surface area contributed by atoms with Crippen LogP contribution in [0.5, 0.6) is 0 Å². The summed E-state index contributed by atoms with van der Waals surface area (Å²) in [5.74, 6) is 0. The van der Waals surface area contributed by atoms with Crippen LogP contribution in [0.1, 0.15) is 0 Å². The van der Waals surface area contributed by atoms with E-state index in [4.69, 9.17) is 0 Å². The third-order valence-corrected chi connectivity index (χ3v) is 0. The molecule has 4 heavy (non-hydrogen) atoms. The normalized spacial score (nSPS) is 1.25. The molecule has 1 atom stereocenters. The Hall–Kier alpha value is 1.51. The van der Waals surface area contributed by atoms with Gasteiger partial charge in [0.05, 0.1) is 0 Å². The quantitative estimate of drug-likeness (QED) is 0.327.